The lowest BCUT2D eigenvalue weighted by Crippen LogP contribution is -2.62. The lowest BCUT2D eigenvalue weighted by atomic mass is 9.67. The predicted molar refractivity (Wildman–Crippen MR) is 81.0 cm³/mol. The summed E-state index contributed by atoms with van der Waals surface area (Å²) in [5.74, 6) is 1.66. The number of nitrogens with zero attached hydrogens (tertiary/aromatic N) is 1. The van der Waals surface area contributed by atoms with Crippen LogP contribution in [0.25, 0.3) is 0 Å². The van der Waals surface area contributed by atoms with Crippen molar-refractivity contribution in [3.05, 3.63) is 0 Å². The van der Waals surface area contributed by atoms with Crippen molar-refractivity contribution in [2.45, 2.75) is 70.9 Å². The van der Waals surface area contributed by atoms with Gasteiger partial charge < -0.3 is 10.2 Å². The van der Waals surface area contributed by atoms with Gasteiger partial charge in [-0.25, -0.2) is 0 Å². The molecule has 0 aromatic rings. The summed E-state index contributed by atoms with van der Waals surface area (Å²) in [4.78, 5) is 2.52. The van der Waals surface area contributed by atoms with Crippen LogP contribution in [0.4, 0.5) is 0 Å². The number of rotatable bonds is 6. The quantitative estimate of drug-likeness (QED) is 0.780. The summed E-state index contributed by atoms with van der Waals surface area (Å²) in [5.41, 5.74) is 0.364. The summed E-state index contributed by atoms with van der Waals surface area (Å²) in [7, 11) is 6.73. The maximum absolute atomic E-state index is 3.67. The van der Waals surface area contributed by atoms with Crippen LogP contribution in [0.3, 0.4) is 0 Å². The second-order valence-electron chi connectivity index (χ2n) is 6.54. The highest BCUT2D eigenvalue weighted by Gasteiger charge is 2.45. The third-order valence-electron chi connectivity index (χ3n) is 5.31. The lowest BCUT2D eigenvalue weighted by molar-refractivity contribution is 0.0166. The van der Waals surface area contributed by atoms with Crippen LogP contribution in [0, 0.1) is 11.8 Å². The van der Waals surface area contributed by atoms with Gasteiger partial charge in [0.2, 0.25) is 0 Å². The Balaban J connectivity index is 3.00. The van der Waals surface area contributed by atoms with Crippen molar-refractivity contribution in [3.63, 3.8) is 0 Å². The molecule has 0 radical (unpaired) electrons. The van der Waals surface area contributed by atoms with Crippen molar-refractivity contribution in [1.82, 2.24) is 10.2 Å². The van der Waals surface area contributed by atoms with E-state index in [-0.39, 0.29) is 0 Å². The molecule has 18 heavy (non-hydrogen) atoms. The molecule has 0 saturated heterocycles. The van der Waals surface area contributed by atoms with Gasteiger partial charge in [0.25, 0.3) is 0 Å². The van der Waals surface area contributed by atoms with Crippen LogP contribution in [0.2, 0.25) is 0 Å². The van der Waals surface area contributed by atoms with Crippen LogP contribution in [0.5, 0.6) is 0 Å². The molecule has 3 unspecified atom stereocenters. The zero-order valence-corrected chi connectivity index (χ0v) is 13.4. The Morgan fingerprint density at radius 1 is 1.28 bits per heavy atom. The molecule has 0 spiro atoms. The van der Waals surface area contributed by atoms with E-state index in [9.17, 15) is 0 Å². The van der Waals surface area contributed by atoms with Gasteiger partial charge in [-0.1, -0.05) is 46.5 Å². The molecule has 2 nitrogen and oxygen atoms in total. The van der Waals surface area contributed by atoms with Crippen molar-refractivity contribution in [2.75, 3.05) is 21.1 Å². The number of hydrogen-bond acceptors (Lipinski definition) is 2. The van der Waals surface area contributed by atoms with Gasteiger partial charge in [-0.05, 0) is 45.8 Å². The Kier molecular flexibility index (Phi) is 6.13. The van der Waals surface area contributed by atoms with E-state index in [4.69, 9.17) is 0 Å². The van der Waals surface area contributed by atoms with Crippen molar-refractivity contribution in [1.29, 1.82) is 0 Å². The van der Waals surface area contributed by atoms with Crippen LogP contribution in [-0.2, 0) is 0 Å². The first-order chi connectivity index (χ1) is 8.51. The van der Waals surface area contributed by atoms with Crippen molar-refractivity contribution < 1.29 is 0 Å². The Morgan fingerprint density at radius 3 is 2.28 bits per heavy atom. The number of nitrogens with one attached hydrogen (secondary N) is 1. The van der Waals surface area contributed by atoms with Gasteiger partial charge in [0.15, 0.2) is 0 Å². The molecular weight excluding hydrogens is 220 g/mol. The fraction of sp³-hybridized carbons (Fsp3) is 1.00. The smallest absolute Gasteiger partial charge is 0.0361 e. The zero-order valence-electron chi connectivity index (χ0n) is 13.4. The molecule has 3 atom stereocenters. The van der Waals surface area contributed by atoms with Gasteiger partial charge in [-0.2, -0.15) is 0 Å². The summed E-state index contributed by atoms with van der Waals surface area (Å²) >= 11 is 0. The molecule has 0 amide bonds. The van der Waals surface area contributed by atoms with Crippen LogP contribution in [0.1, 0.15) is 59.3 Å². The first-order valence-corrected chi connectivity index (χ1v) is 7.86. The van der Waals surface area contributed by atoms with E-state index in [1.165, 1.54) is 38.5 Å². The fourth-order valence-corrected chi connectivity index (χ4v) is 4.23. The predicted octanol–water partition coefficient (Wildman–Crippen LogP) is 3.52. The summed E-state index contributed by atoms with van der Waals surface area (Å²) in [6.45, 7) is 7.11. The Bertz CT molecular complexity index is 235. The largest absolute Gasteiger partial charge is 0.315 e. The van der Waals surface area contributed by atoms with Gasteiger partial charge >= 0.3 is 0 Å². The molecule has 1 rings (SSSR count). The molecule has 0 aromatic heterocycles. The highest BCUT2D eigenvalue weighted by Crippen LogP contribution is 2.41. The molecule has 2 heteroatoms. The zero-order chi connectivity index (χ0) is 13.8. The molecule has 0 aromatic carbocycles. The molecule has 0 heterocycles. The summed E-state index contributed by atoms with van der Waals surface area (Å²) in [6, 6.07) is 0.630. The lowest BCUT2D eigenvalue weighted by Gasteiger charge is -2.52. The summed E-state index contributed by atoms with van der Waals surface area (Å²) in [5, 5.41) is 3.67. The third-order valence-corrected chi connectivity index (χ3v) is 5.31. The van der Waals surface area contributed by atoms with E-state index < -0.39 is 0 Å². The van der Waals surface area contributed by atoms with Gasteiger partial charge in [0, 0.05) is 11.6 Å². The van der Waals surface area contributed by atoms with Crippen LogP contribution in [-0.4, -0.2) is 37.6 Å². The molecular formula is C16H34N2. The number of likely N-dealkylation sites (N-methyl/N-ethyl adjacent to an activating group) is 2. The van der Waals surface area contributed by atoms with Crippen molar-refractivity contribution >= 4 is 0 Å². The summed E-state index contributed by atoms with van der Waals surface area (Å²) in [6.07, 6.45) is 8.07. The maximum atomic E-state index is 3.67. The van der Waals surface area contributed by atoms with Gasteiger partial charge in [-0.15, -0.1) is 0 Å². The van der Waals surface area contributed by atoms with Crippen LogP contribution < -0.4 is 5.32 Å². The van der Waals surface area contributed by atoms with E-state index >= 15 is 0 Å². The normalized spacial score (nSPS) is 31.0. The topological polar surface area (TPSA) is 15.3 Å². The van der Waals surface area contributed by atoms with E-state index in [1.807, 2.05) is 0 Å². The minimum absolute atomic E-state index is 0.364. The first-order valence-electron chi connectivity index (χ1n) is 7.86. The SMILES string of the molecule is CCC(CC)C(NC)C1(N(C)C)CCCC(C)C1. The molecule has 1 N–H and O–H groups in total. The average Bonchev–Trinajstić information content (AvgIpc) is 2.35. The first kappa shape index (κ1) is 16.0. The fourth-order valence-electron chi connectivity index (χ4n) is 4.23. The van der Waals surface area contributed by atoms with Crippen molar-refractivity contribution in [3.8, 4) is 0 Å². The van der Waals surface area contributed by atoms with Gasteiger partial charge in [-0.3, -0.25) is 0 Å². The minimum Gasteiger partial charge on any atom is -0.315 e. The summed E-state index contributed by atoms with van der Waals surface area (Å²) < 4.78 is 0. The molecule has 1 aliphatic rings. The highest BCUT2D eigenvalue weighted by molar-refractivity contribution is 5.03. The number of hydrogen-bond donors (Lipinski definition) is 1. The van der Waals surface area contributed by atoms with E-state index in [0.29, 0.717) is 11.6 Å². The molecule has 1 aliphatic carbocycles. The molecule has 108 valence electrons. The van der Waals surface area contributed by atoms with Gasteiger partial charge in [0.1, 0.15) is 0 Å². The highest BCUT2D eigenvalue weighted by atomic mass is 15.2. The van der Waals surface area contributed by atoms with E-state index in [2.05, 4.69) is 52.1 Å². The van der Waals surface area contributed by atoms with Crippen LogP contribution in [0.15, 0.2) is 0 Å². The Hall–Kier alpha value is -0.0800. The maximum Gasteiger partial charge on any atom is 0.0361 e. The van der Waals surface area contributed by atoms with E-state index in [0.717, 1.165) is 11.8 Å². The second-order valence-corrected chi connectivity index (χ2v) is 6.54. The van der Waals surface area contributed by atoms with Crippen LogP contribution >= 0.6 is 0 Å². The Morgan fingerprint density at radius 2 is 1.89 bits per heavy atom. The van der Waals surface area contributed by atoms with E-state index in [1.54, 1.807) is 0 Å². The monoisotopic (exact) mass is 254 g/mol. The molecule has 1 fully saturated rings. The standard InChI is InChI=1S/C16H34N2/c1-7-14(8-2)15(17-4)16(18(5)6)11-9-10-13(3)12-16/h13-15,17H,7-12H2,1-6H3. The van der Waals surface area contributed by atoms with Gasteiger partial charge in [0.05, 0.1) is 0 Å². The average molecular weight is 254 g/mol. The molecule has 0 aliphatic heterocycles. The molecule has 0 bridgehead atoms. The van der Waals surface area contributed by atoms with Crippen molar-refractivity contribution in [2.24, 2.45) is 11.8 Å². The molecule has 1 saturated carbocycles. The minimum atomic E-state index is 0.364. The second kappa shape index (κ2) is 6.91. The third kappa shape index (κ3) is 3.08. The Labute approximate surface area is 115 Å².